The first-order valence-corrected chi connectivity index (χ1v) is 7.28. The third-order valence-electron chi connectivity index (χ3n) is 2.87. The molecule has 0 saturated carbocycles. The molecular formula is C16H26N2O3. The lowest BCUT2D eigenvalue weighted by Gasteiger charge is -2.28. The number of carbonyl (C=O) groups is 1. The maximum atomic E-state index is 12.1. The van der Waals surface area contributed by atoms with Crippen LogP contribution in [0.15, 0.2) is 30.3 Å². The molecule has 2 N–H and O–H groups in total. The summed E-state index contributed by atoms with van der Waals surface area (Å²) in [5.41, 5.74) is -0.903. The zero-order valence-corrected chi connectivity index (χ0v) is 13.3. The van der Waals surface area contributed by atoms with Gasteiger partial charge in [-0.1, -0.05) is 18.2 Å². The maximum Gasteiger partial charge on any atom is 0.317 e. The predicted molar refractivity (Wildman–Crippen MR) is 83.5 cm³/mol. The molecule has 1 rings (SSSR count). The standard InChI is InChI=1S/C16H26N2O3/c1-5-18(12-16(3,4)20)15(19)17-11-13(2)21-14-9-7-6-8-10-14/h6-10,13,20H,5,11-12H2,1-4H3,(H,17,19). The van der Waals surface area contributed by atoms with E-state index in [9.17, 15) is 9.90 Å². The minimum Gasteiger partial charge on any atom is -0.489 e. The predicted octanol–water partition coefficient (Wildman–Crippen LogP) is 2.26. The lowest BCUT2D eigenvalue weighted by molar-refractivity contribution is 0.0476. The van der Waals surface area contributed by atoms with E-state index in [-0.39, 0.29) is 12.1 Å². The molecule has 0 aliphatic heterocycles. The quantitative estimate of drug-likeness (QED) is 0.811. The van der Waals surface area contributed by atoms with E-state index in [0.29, 0.717) is 19.6 Å². The molecule has 0 heterocycles. The van der Waals surface area contributed by atoms with Gasteiger partial charge in [0.1, 0.15) is 11.9 Å². The SMILES string of the molecule is CCN(CC(C)(C)O)C(=O)NCC(C)Oc1ccccc1. The number of para-hydroxylation sites is 1. The molecule has 1 unspecified atom stereocenters. The highest BCUT2D eigenvalue weighted by Crippen LogP contribution is 2.10. The van der Waals surface area contributed by atoms with Crippen LogP contribution in [0.1, 0.15) is 27.7 Å². The Hall–Kier alpha value is -1.75. The molecule has 118 valence electrons. The summed E-state index contributed by atoms with van der Waals surface area (Å²) in [5.74, 6) is 0.781. The highest BCUT2D eigenvalue weighted by Gasteiger charge is 2.21. The van der Waals surface area contributed by atoms with Crippen molar-refractivity contribution < 1.29 is 14.6 Å². The van der Waals surface area contributed by atoms with E-state index in [1.165, 1.54) is 0 Å². The van der Waals surface area contributed by atoms with Gasteiger partial charge in [0.15, 0.2) is 0 Å². The van der Waals surface area contributed by atoms with Crippen molar-refractivity contribution in [1.29, 1.82) is 0 Å². The Morgan fingerprint density at radius 1 is 1.38 bits per heavy atom. The van der Waals surface area contributed by atoms with E-state index in [2.05, 4.69) is 5.32 Å². The second-order valence-corrected chi connectivity index (χ2v) is 5.75. The van der Waals surface area contributed by atoms with E-state index in [1.54, 1.807) is 18.7 Å². The van der Waals surface area contributed by atoms with Gasteiger partial charge in [-0.3, -0.25) is 0 Å². The van der Waals surface area contributed by atoms with Crippen molar-refractivity contribution >= 4 is 6.03 Å². The van der Waals surface area contributed by atoms with E-state index in [1.807, 2.05) is 44.2 Å². The Balaban J connectivity index is 2.40. The summed E-state index contributed by atoms with van der Waals surface area (Å²) in [6, 6.07) is 9.31. The normalized spacial score (nSPS) is 12.6. The molecule has 5 nitrogen and oxygen atoms in total. The van der Waals surface area contributed by atoms with Crippen LogP contribution < -0.4 is 10.1 Å². The molecule has 1 aromatic carbocycles. The average Bonchev–Trinajstić information content (AvgIpc) is 2.42. The van der Waals surface area contributed by atoms with Gasteiger partial charge in [-0.05, 0) is 39.8 Å². The summed E-state index contributed by atoms with van der Waals surface area (Å²) in [4.78, 5) is 13.6. The fourth-order valence-electron chi connectivity index (χ4n) is 1.91. The second-order valence-electron chi connectivity index (χ2n) is 5.75. The van der Waals surface area contributed by atoms with Crippen molar-refractivity contribution in [2.24, 2.45) is 0 Å². The van der Waals surface area contributed by atoms with Gasteiger partial charge < -0.3 is 20.1 Å². The number of nitrogens with one attached hydrogen (secondary N) is 1. The summed E-state index contributed by atoms with van der Waals surface area (Å²) in [6.45, 7) is 8.41. The molecule has 0 spiro atoms. The Kier molecular flexibility index (Phi) is 6.49. The van der Waals surface area contributed by atoms with Crippen molar-refractivity contribution in [3.63, 3.8) is 0 Å². The van der Waals surface area contributed by atoms with Crippen molar-refractivity contribution in [2.45, 2.75) is 39.4 Å². The zero-order chi connectivity index (χ0) is 15.9. The molecule has 0 fully saturated rings. The van der Waals surface area contributed by atoms with Gasteiger partial charge in [0, 0.05) is 6.54 Å². The minimum absolute atomic E-state index is 0.128. The average molecular weight is 294 g/mol. The van der Waals surface area contributed by atoms with Crippen LogP contribution >= 0.6 is 0 Å². The zero-order valence-electron chi connectivity index (χ0n) is 13.3. The minimum atomic E-state index is -0.903. The molecule has 0 aliphatic carbocycles. The summed E-state index contributed by atoms with van der Waals surface area (Å²) in [7, 11) is 0. The Bertz CT molecular complexity index is 429. The van der Waals surface area contributed by atoms with Gasteiger partial charge in [0.25, 0.3) is 0 Å². The maximum absolute atomic E-state index is 12.1. The number of aliphatic hydroxyl groups is 1. The Labute approximate surface area is 126 Å². The van der Waals surface area contributed by atoms with Gasteiger partial charge >= 0.3 is 6.03 Å². The first-order valence-electron chi connectivity index (χ1n) is 7.28. The first-order chi connectivity index (χ1) is 9.81. The van der Waals surface area contributed by atoms with E-state index >= 15 is 0 Å². The van der Waals surface area contributed by atoms with E-state index < -0.39 is 5.60 Å². The third-order valence-corrected chi connectivity index (χ3v) is 2.87. The fourth-order valence-corrected chi connectivity index (χ4v) is 1.91. The molecule has 0 aliphatic rings. The van der Waals surface area contributed by atoms with Crippen molar-refractivity contribution in [3.05, 3.63) is 30.3 Å². The van der Waals surface area contributed by atoms with Gasteiger partial charge in [-0.25, -0.2) is 4.79 Å². The van der Waals surface area contributed by atoms with E-state index in [4.69, 9.17) is 4.74 Å². The van der Waals surface area contributed by atoms with Gasteiger partial charge in [-0.15, -0.1) is 0 Å². The molecule has 1 atom stereocenters. The van der Waals surface area contributed by atoms with Gasteiger partial charge in [0.05, 0.1) is 18.7 Å². The number of urea groups is 1. The topological polar surface area (TPSA) is 61.8 Å². The van der Waals surface area contributed by atoms with Gasteiger partial charge in [-0.2, -0.15) is 0 Å². The number of hydrogen-bond acceptors (Lipinski definition) is 3. The number of rotatable bonds is 7. The lowest BCUT2D eigenvalue weighted by atomic mass is 10.1. The highest BCUT2D eigenvalue weighted by atomic mass is 16.5. The molecule has 0 bridgehead atoms. The van der Waals surface area contributed by atoms with Crippen LogP contribution in [-0.4, -0.2) is 47.4 Å². The molecule has 2 amide bonds. The second kappa shape index (κ2) is 7.88. The van der Waals surface area contributed by atoms with Crippen LogP contribution in [0, 0.1) is 0 Å². The summed E-state index contributed by atoms with van der Waals surface area (Å²) < 4.78 is 5.70. The Morgan fingerprint density at radius 3 is 2.52 bits per heavy atom. The van der Waals surface area contributed by atoms with Crippen LogP contribution in [0.3, 0.4) is 0 Å². The number of carbonyl (C=O) groups excluding carboxylic acids is 1. The van der Waals surface area contributed by atoms with Crippen molar-refractivity contribution in [2.75, 3.05) is 19.6 Å². The lowest BCUT2D eigenvalue weighted by Crippen LogP contribution is -2.48. The summed E-state index contributed by atoms with van der Waals surface area (Å²) in [5, 5.41) is 12.6. The molecule has 0 saturated heterocycles. The molecular weight excluding hydrogens is 268 g/mol. The summed E-state index contributed by atoms with van der Waals surface area (Å²) >= 11 is 0. The summed E-state index contributed by atoms with van der Waals surface area (Å²) in [6.07, 6.45) is -0.128. The van der Waals surface area contributed by atoms with Gasteiger partial charge in [0.2, 0.25) is 0 Å². The number of nitrogens with zero attached hydrogens (tertiary/aromatic N) is 1. The number of ether oxygens (including phenoxy) is 1. The first kappa shape index (κ1) is 17.3. The van der Waals surface area contributed by atoms with Crippen LogP contribution in [0.2, 0.25) is 0 Å². The van der Waals surface area contributed by atoms with E-state index in [0.717, 1.165) is 5.75 Å². The number of amides is 2. The van der Waals surface area contributed by atoms with Crippen molar-refractivity contribution in [1.82, 2.24) is 10.2 Å². The van der Waals surface area contributed by atoms with Crippen LogP contribution in [0.5, 0.6) is 5.75 Å². The molecule has 0 aromatic heterocycles. The number of hydrogen-bond donors (Lipinski definition) is 2. The smallest absolute Gasteiger partial charge is 0.317 e. The number of likely N-dealkylation sites (N-methyl/N-ethyl adjacent to an activating group) is 1. The molecule has 5 heteroatoms. The Morgan fingerprint density at radius 2 is 2.00 bits per heavy atom. The van der Waals surface area contributed by atoms with Crippen molar-refractivity contribution in [3.8, 4) is 5.75 Å². The van der Waals surface area contributed by atoms with Crippen LogP contribution in [0.25, 0.3) is 0 Å². The molecule has 21 heavy (non-hydrogen) atoms. The largest absolute Gasteiger partial charge is 0.489 e. The molecule has 1 aromatic rings. The third kappa shape index (κ3) is 6.99. The van der Waals surface area contributed by atoms with Crippen LogP contribution in [0.4, 0.5) is 4.79 Å². The monoisotopic (exact) mass is 294 g/mol. The highest BCUT2D eigenvalue weighted by molar-refractivity contribution is 5.74. The fraction of sp³-hybridized carbons (Fsp3) is 0.562. The molecule has 0 radical (unpaired) electrons. The number of benzene rings is 1. The van der Waals surface area contributed by atoms with Crippen LogP contribution in [-0.2, 0) is 0 Å².